The van der Waals surface area contributed by atoms with Crippen molar-refractivity contribution in [3.63, 3.8) is 0 Å². The Morgan fingerprint density at radius 3 is 2.55 bits per heavy atom. The molecule has 0 aliphatic heterocycles. The lowest BCUT2D eigenvalue weighted by molar-refractivity contribution is -0.122. The van der Waals surface area contributed by atoms with E-state index in [9.17, 15) is 4.79 Å². The molecule has 2 rings (SSSR count). The van der Waals surface area contributed by atoms with E-state index >= 15 is 0 Å². The lowest BCUT2D eigenvalue weighted by atomic mass is 10.1. The van der Waals surface area contributed by atoms with Gasteiger partial charge in [0.2, 0.25) is 0 Å². The van der Waals surface area contributed by atoms with Crippen LogP contribution >= 0.6 is 0 Å². The van der Waals surface area contributed by atoms with Gasteiger partial charge < -0.3 is 10.1 Å². The largest absolute Gasteiger partial charge is 0.481 e. The van der Waals surface area contributed by atoms with Gasteiger partial charge >= 0.3 is 0 Å². The first kappa shape index (κ1) is 16.1. The van der Waals surface area contributed by atoms with Crippen LogP contribution in [0.25, 0.3) is 0 Å². The number of carbonyl (C=O) groups excluding carboxylic acids is 1. The number of anilines is 1. The van der Waals surface area contributed by atoms with Crippen molar-refractivity contribution in [2.24, 2.45) is 0 Å². The van der Waals surface area contributed by atoms with Crippen molar-refractivity contribution in [3.8, 4) is 5.75 Å². The van der Waals surface area contributed by atoms with Gasteiger partial charge in [-0.1, -0.05) is 31.2 Å². The Balaban J connectivity index is 2.04. The van der Waals surface area contributed by atoms with E-state index < -0.39 is 6.10 Å². The second-order valence-electron chi connectivity index (χ2n) is 5.51. The molecule has 0 saturated heterocycles. The van der Waals surface area contributed by atoms with Crippen LogP contribution in [-0.2, 0) is 11.2 Å². The molecule has 1 atom stereocenters. The second-order valence-corrected chi connectivity index (χ2v) is 5.51. The number of benzene rings is 2. The summed E-state index contributed by atoms with van der Waals surface area (Å²) < 4.78 is 5.81. The predicted molar refractivity (Wildman–Crippen MR) is 90.5 cm³/mol. The van der Waals surface area contributed by atoms with E-state index in [1.54, 1.807) is 6.92 Å². The summed E-state index contributed by atoms with van der Waals surface area (Å²) in [6, 6.07) is 13.7. The first-order valence-electron chi connectivity index (χ1n) is 7.64. The summed E-state index contributed by atoms with van der Waals surface area (Å²) >= 11 is 0. The Hall–Kier alpha value is -2.29. The number of carbonyl (C=O) groups is 1. The summed E-state index contributed by atoms with van der Waals surface area (Å²) in [6.45, 7) is 7.92. The Bertz CT molecular complexity index is 664. The number of aryl methyl sites for hydroxylation is 3. The van der Waals surface area contributed by atoms with Crippen molar-refractivity contribution in [1.82, 2.24) is 0 Å². The molecule has 0 saturated carbocycles. The fourth-order valence-electron chi connectivity index (χ4n) is 2.22. The van der Waals surface area contributed by atoms with E-state index in [2.05, 4.69) is 12.2 Å². The number of nitrogens with one attached hydrogen (secondary N) is 1. The molecule has 0 fully saturated rings. The summed E-state index contributed by atoms with van der Waals surface area (Å²) in [5.41, 5.74) is 4.27. The molecule has 0 aliphatic rings. The van der Waals surface area contributed by atoms with Crippen molar-refractivity contribution >= 4 is 11.6 Å². The first-order chi connectivity index (χ1) is 10.5. The normalized spacial score (nSPS) is 11.8. The highest BCUT2D eigenvalue weighted by Crippen LogP contribution is 2.20. The molecule has 3 heteroatoms. The summed E-state index contributed by atoms with van der Waals surface area (Å²) in [5, 5.41) is 2.90. The highest BCUT2D eigenvalue weighted by Gasteiger charge is 2.16. The quantitative estimate of drug-likeness (QED) is 0.895. The van der Waals surface area contributed by atoms with E-state index in [1.807, 2.05) is 56.3 Å². The molecule has 0 unspecified atom stereocenters. The standard InChI is InChI=1S/C19H23NO2/c1-5-16-8-6-7-9-18(16)22-15(4)19(21)20-17-11-10-13(2)14(3)12-17/h6-12,15H,5H2,1-4H3,(H,20,21)/t15-/m0/s1. The van der Waals surface area contributed by atoms with Gasteiger partial charge in [0.25, 0.3) is 5.91 Å². The number of para-hydroxylation sites is 1. The van der Waals surface area contributed by atoms with Crippen LogP contribution in [0.15, 0.2) is 42.5 Å². The van der Waals surface area contributed by atoms with E-state index in [4.69, 9.17) is 4.74 Å². The van der Waals surface area contributed by atoms with Crippen molar-refractivity contribution in [2.45, 2.75) is 40.2 Å². The van der Waals surface area contributed by atoms with E-state index in [0.29, 0.717) is 0 Å². The molecule has 0 heterocycles. The predicted octanol–water partition coefficient (Wildman–Crippen LogP) is 4.27. The molecule has 22 heavy (non-hydrogen) atoms. The van der Waals surface area contributed by atoms with Crippen molar-refractivity contribution in [3.05, 3.63) is 59.2 Å². The molecule has 1 N–H and O–H groups in total. The molecular formula is C19H23NO2. The summed E-state index contributed by atoms with van der Waals surface area (Å²) in [4.78, 5) is 12.3. The minimum Gasteiger partial charge on any atom is -0.481 e. The number of ether oxygens (including phenoxy) is 1. The molecule has 1 amide bonds. The van der Waals surface area contributed by atoms with Gasteiger partial charge in [0.05, 0.1) is 0 Å². The van der Waals surface area contributed by atoms with Gasteiger partial charge in [-0.15, -0.1) is 0 Å². The van der Waals surface area contributed by atoms with Gasteiger partial charge in [-0.25, -0.2) is 0 Å². The van der Waals surface area contributed by atoms with Crippen LogP contribution in [0.3, 0.4) is 0 Å². The minimum atomic E-state index is -0.547. The third-order valence-corrected chi connectivity index (χ3v) is 3.80. The Kier molecular flexibility index (Phi) is 5.21. The minimum absolute atomic E-state index is 0.144. The van der Waals surface area contributed by atoms with Gasteiger partial charge in [0, 0.05) is 5.69 Å². The smallest absolute Gasteiger partial charge is 0.265 e. The first-order valence-corrected chi connectivity index (χ1v) is 7.64. The highest BCUT2D eigenvalue weighted by molar-refractivity contribution is 5.94. The van der Waals surface area contributed by atoms with Crippen molar-refractivity contribution in [1.29, 1.82) is 0 Å². The summed E-state index contributed by atoms with van der Waals surface area (Å²) in [6.07, 6.45) is 0.330. The number of hydrogen-bond acceptors (Lipinski definition) is 2. The van der Waals surface area contributed by atoms with Crippen molar-refractivity contribution in [2.75, 3.05) is 5.32 Å². The van der Waals surface area contributed by atoms with Gasteiger partial charge in [-0.05, 0) is 62.1 Å². The third kappa shape index (κ3) is 3.88. The molecule has 0 aliphatic carbocycles. The van der Waals surface area contributed by atoms with Crippen molar-refractivity contribution < 1.29 is 9.53 Å². The van der Waals surface area contributed by atoms with Crippen LogP contribution in [0, 0.1) is 13.8 Å². The molecule has 3 nitrogen and oxygen atoms in total. The van der Waals surface area contributed by atoms with Crippen LogP contribution in [0.1, 0.15) is 30.5 Å². The van der Waals surface area contributed by atoms with E-state index in [0.717, 1.165) is 29.0 Å². The summed E-state index contributed by atoms with van der Waals surface area (Å²) in [7, 11) is 0. The maximum atomic E-state index is 12.3. The van der Waals surface area contributed by atoms with Crippen LogP contribution in [0.4, 0.5) is 5.69 Å². The Morgan fingerprint density at radius 2 is 1.86 bits per heavy atom. The number of rotatable bonds is 5. The number of amides is 1. The molecule has 116 valence electrons. The zero-order valence-corrected chi connectivity index (χ0v) is 13.6. The average molecular weight is 297 g/mol. The molecular weight excluding hydrogens is 274 g/mol. The average Bonchev–Trinajstić information content (AvgIpc) is 2.51. The van der Waals surface area contributed by atoms with Crippen LogP contribution in [-0.4, -0.2) is 12.0 Å². The maximum absolute atomic E-state index is 12.3. The van der Waals surface area contributed by atoms with E-state index in [-0.39, 0.29) is 5.91 Å². The lowest BCUT2D eigenvalue weighted by Crippen LogP contribution is -2.30. The van der Waals surface area contributed by atoms with Crippen LogP contribution in [0.5, 0.6) is 5.75 Å². The van der Waals surface area contributed by atoms with Gasteiger partial charge in [0.1, 0.15) is 5.75 Å². The fourth-order valence-corrected chi connectivity index (χ4v) is 2.22. The molecule has 0 radical (unpaired) electrons. The molecule has 2 aromatic carbocycles. The van der Waals surface area contributed by atoms with Gasteiger partial charge in [0.15, 0.2) is 6.10 Å². The molecule has 0 spiro atoms. The van der Waals surface area contributed by atoms with Crippen LogP contribution in [0.2, 0.25) is 0 Å². The number of hydrogen-bond donors (Lipinski definition) is 1. The highest BCUT2D eigenvalue weighted by atomic mass is 16.5. The topological polar surface area (TPSA) is 38.3 Å². The second kappa shape index (κ2) is 7.12. The van der Waals surface area contributed by atoms with Gasteiger partial charge in [-0.3, -0.25) is 4.79 Å². The Labute approximate surface area is 132 Å². The van der Waals surface area contributed by atoms with E-state index in [1.165, 1.54) is 5.56 Å². The molecule has 0 aromatic heterocycles. The van der Waals surface area contributed by atoms with Crippen LogP contribution < -0.4 is 10.1 Å². The lowest BCUT2D eigenvalue weighted by Gasteiger charge is -2.17. The molecule has 0 bridgehead atoms. The third-order valence-electron chi connectivity index (χ3n) is 3.80. The zero-order valence-electron chi connectivity index (χ0n) is 13.6. The molecule has 2 aromatic rings. The summed E-state index contributed by atoms with van der Waals surface area (Å²) in [5.74, 6) is 0.627. The van der Waals surface area contributed by atoms with Gasteiger partial charge in [-0.2, -0.15) is 0 Å². The monoisotopic (exact) mass is 297 g/mol. The Morgan fingerprint density at radius 1 is 1.14 bits per heavy atom. The SMILES string of the molecule is CCc1ccccc1O[C@@H](C)C(=O)Nc1ccc(C)c(C)c1. The zero-order chi connectivity index (χ0) is 16.1. The maximum Gasteiger partial charge on any atom is 0.265 e. The fraction of sp³-hybridized carbons (Fsp3) is 0.316.